The second-order valence-corrected chi connectivity index (χ2v) is 4.35. The third kappa shape index (κ3) is 6.41. The van der Waals surface area contributed by atoms with E-state index >= 15 is 0 Å². The van der Waals surface area contributed by atoms with Crippen molar-refractivity contribution in [2.45, 2.75) is 39.0 Å². The molecule has 0 saturated carbocycles. The van der Waals surface area contributed by atoms with Gasteiger partial charge >= 0.3 is 12.0 Å². The van der Waals surface area contributed by atoms with Crippen molar-refractivity contribution >= 4 is 12.0 Å². The van der Waals surface area contributed by atoms with Crippen molar-refractivity contribution in [1.82, 2.24) is 10.2 Å². The molecule has 2 atom stereocenters. The zero-order chi connectivity index (χ0) is 14.3. The molecule has 0 saturated heterocycles. The Hall–Kier alpha value is -1.34. The maximum absolute atomic E-state index is 11.6. The van der Waals surface area contributed by atoms with Crippen LogP contribution in [0.25, 0.3) is 0 Å². The third-order valence-electron chi connectivity index (χ3n) is 2.25. The highest BCUT2D eigenvalue weighted by Gasteiger charge is 2.26. The lowest BCUT2D eigenvalue weighted by molar-refractivity contribution is -0.141. The quantitative estimate of drug-likeness (QED) is 0.594. The van der Waals surface area contributed by atoms with Crippen LogP contribution in [0.15, 0.2) is 0 Å². The molecule has 0 aliphatic heterocycles. The molecule has 0 unspecified atom stereocenters. The van der Waals surface area contributed by atoms with E-state index in [0.717, 1.165) is 0 Å². The molecule has 106 valence electrons. The maximum atomic E-state index is 11.6. The number of aliphatic hydroxyl groups excluding tert-OH is 1. The fourth-order valence-electron chi connectivity index (χ4n) is 1.16. The van der Waals surface area contributed by atoms with Crippen LogP contribution in [0.2, 0.25) is 0 Å². The van der Waals surface area contributed by atoms with Gasteiger partial charge < -0.3 is 25.2 Å². The summed E-state index contributed by atoms with van der Waals surface area (Å²) in [5, 5.41) is 20.3. The zero-order valence-corrected chi connectivity index (χ0v) is 11.2. The van der Waals surface area contributed by atoms with Crippen LogP contribution in [0.3, 0.4) is 0 Å². The molecule has 0 aliphatic carbocycles. The van der Waals surface area contributed by atoms with E-state index in [4.69, 9.17) is 9.84 Å². The van der Waals surface area contributed by atoms with Crippen molar-refractivity contribution in [3.8, 4) is 0 Å². The van der Waals surface area contributed by atoms with E-state index in [-0.39, 0.29) is 6.10 Å². The van der Waals surface area contributed by atoms with E-state index in [2.05, 4.69) is 5.32 Å². The van der Waals surface area contributed by atoms with Gasteiger partial charge in [-0.05, 0) is 20.8 Å². The highest BCUT2D eigenvalue weighted by atomic mass is 16.5. The lowest BCUT2D eigenvalue weighted by Crippen LogP contribution is -2.52. The first-order chi connectivity index (χ1) is 8.25. The molecule has 2 amide bonds. The van der Waals surface area contributed by atoms with Gasteiger partial charge in [-0.25, -0.2) is 9.59 Å². The standard InChI is InChI=1S/C11H22N2O5/c1-7(2)18-6-5-13(4)11(17)12-9(8(3)14)10(15)16/h7-9,14H,5-6H2,1-4H3,(H,12,17)(H,15,16)/t8-,9+/m1/s1. The number of carboxylic acids is 1. The number of carbonyl (C=O) groups excluding carboxylic acids is 1. The van der Waals surface area contributed by atoms with E-state index in [1.807, 2.05) is 13.8 Å². The summed E-state index contributed by atoms with van der Waals surface area (Å²) in [7, 11) is 1.53. The number of aliphatic carboxylic acids is 1. The minimum atomic E-state index is -1.31. The first-order valence-corrected chi connectivity index (χ1v) is 5.79. The smallest absolute Gasteiger partial charge is 0.328 e. The number of likely N-dealkylation sites (N-methyl/N-ethyl adjacent to an activating group) is 1. The van der Waals surface area contributed by atoms with Gasteiger partial charge in [0.2, 0.25) is 0 Å². The first-order valence-electron chi connectivity index (χ1n) is 5.79. The van der Waals surface area contributed by atoms with Crippen molar-refractivity contribution in [3.63, 3.8) is 0 Å². The summed E-state index contributed by atoms with van der Waals surface area (Å²) in [6.07, 6.45) is -1.09. The average Bonchev–Trinajstić information content (AvgIpc) is 2.23. The summed E-state index contributed by atoms with van der Waals surface area (Å²) in [6, 6.07) is -1.87. The highest BCUT2D eigenvalue weighted by Crippen LogP contribution is 1.96. The summed E-state index contributed by atoms with van der Waals surface area (Å²) in [6.45, 7) is 5.78. The Morgan fingerprint density at radius 3 is 2.28 bits per heavy atom. The number of urea groups is 1. The molecule has 0 aromatic carbocycles. The number of nitrogens with zero attached hydrogens (tertiary/aromatic N) is 1. The SMILES string of the molecule is CC(C)OCCN(C)C(=O)N[C@H](C(=O)O)[C@@H](C)O. The van der Waals surface area contributed by atoms with Crippen molar-refractivity contribution in [2.75, 3.05) is 20.2 Å². The monoisotopic (exact) mass is 262 g/mol. The van der Waals surface area contributed by atoms with Gasteiger partial charge in [0.15, 0.2) is 6.04 Å². The zero-order valence-electron chi connectivity index (χ0n) is 11.2. The molecule has 0 spiro atoms. The Morgan fingerprint density at radius 2 is 1.89 bits per heavy atom. The van der Waals surface area contributed by atoms with E-state index in [1.165, 1.54) is 18.9 Å². The second kappa shape index (κ2) is 7.88. The van der Waals surface area contributed by atoms with Crippen molar-refractivity contribution in [1.29, 1.82) is 0 Å². The summed E-state index contributed by atoms with van der Waals surface area (Å²) in [4.78, 5) is 23.7. The Labute approximate surface area is 107 Å². The maximum Gasteiger partial charge on any atom is 0.328 e. The fourth-order valence-corrected chi connectivity index (χ4v) is 1.16. The average molecular weight is 262 g/mol. The molecule has 3 N–H and O–H groups in total. The molecule has 7 heteroatoms. The normalized spacial score (nSPS) is 14.1. The number of nitrogens with one attached hydrogen (secondary N) is 1. The van der Waals surface area contributed by atoms with E-state index < -0.39 is 24.1 Å². The Morgan fingerprint density at radius 1 is 1.33 bits per heavy atom. The number of amides is 2. The van der Waals surface area contributed by atoms with Crippen LogP contribution in [0.5, 0.6) is 0 Å². The molecule has 0 fully saturated rings. The van der Waals surface area contributed by atoms with Crippen LogP contribution in [0, 0.1) is 0 Å². The van der Waals surface area contributed by atoms with Crippen molar-refractivity contribution in [3.05, 3.63) is 0 Å². The molecule has 0 radical (unpaired) electrons. The van der Waals surface area contributed by atoms with Gasteiger partial charge in [0, 0.05) is 13.6 Å². The predicted octanol–water partition coefficient (Wildman–Crippen LogP) is -0.113. The van der Waals surface area contributed by atoms with Gasteiger partial charge in [0.05, 0.1) is 18.8 Å². The van der Waals surface area contributed by atoms with Crippen LogP contribution in [0.1, 0.15) is 20.8 Å². The number of carbonyl (C=O) groups is 2. The van der Waals surface area contributed by atoms with Gasteiger partial charge in [-0.15, -0.1) is 0 Å². The molecule has 7 nitrogen and oxygen atoms in total. The van der Waals surface area contributed by atoms with Gasteiger partial charge in [-0.1, -0.05) is 0 Å². The number of rotatable bonds is 7. The molecule has 0 heterocycles. The first kappa shape index (κ1) is 16.7. The van der Waals surface area contributed by atoms with E-state index in [0.29, 0.717) is 13.2 Å². The molecule has 0 bridgehead atoms. The number of aliphatic hydroxyl groups is 1. The van der Waals surface area contributed by atoms with Gasteiger partial charge in [-0.3, -0.25) is 0 Å². The Kier molecular flexibility index (Phi) is 7.30. The summed E-state index contributed by atoms with van der Waals surface area (Å²) >= 11 is 0. The molecule has 0 aliphatic rings. The highest BCUT2D eigenvalue weighted by molar-refractivity contribution is 5.82. The summed E-state index contributed by atoms with van der Waals surface area (Å²) in [5.41, 5.74) is 0. The Bertz CT molecular complexity index is 281. The molecule has 0 aromatic rings. The molecule has 0 rings (SSSR count). The molecular weight excluding hydrogens is 240 g/mol. The third-order valence-corrected chi connectivity index (χ3v) is 2.25. The van der Waals surface area contributed by atoms with Crippen LogP contribution < -0.4 is 5.32 Å². The lowest BCUT2D eigenvalue weighted by Gasteiger charge is -2.23. The largest absolute Gasteiger partial charge is 0.480 e. The molecule has 18 heavy (non-hydrogen) atoms. The fraction of sp³-hybridized carbons (Fsp3) is 0.818. The number of hydrogen-bond acceptors (Lipinski definition) is 4. The Balaban J connectivity index is 4.17. The number of hydrogen-bond donors (Lipinski definition) is 3. The van der Waals surface area contributed by atoms with Crippen molar-refractivity contribution < 1.29 is 24.5 Å². The number of ether oxygens (including phenoxy) is 1. The topological polar surface area (TPSA) is 99.1 Å². The second-order valence-electron chi connectivity index (χ2n) is 4.35. The molecular formula is C11H22N2O5. The van der Waals surface area contributed by atoms with Crippen molar-refractivity contribution in [2.24, 2.45) is 0 Å². The number of carboxylic acid groups (broad SMARTS) is 1. The minimum absolute atomic E-state index is 0.0747. The lowest BCUT2D eigenvalue weighted by atomic mass is 10.2. The van der Waals surface area contributed by atoms with Crippen LogP contribution in [0.4, 0.5) is 4.79 Å². The van der Waals surface area contributed by atoms with Crippen LogP contribution in [-0.4, -0.2) is 65.6 Å². The molecule has 0 aromatic heterocycles. The van der Waals surface area contributed by atoms with Crippen LogP contribution >= 0.6 is 0 Å². The summed E-state index contributed by atoms with van der Waals surface area (Å²) in [5.74, 6) is -1.27. The summed E-state index contributed by atoms with van der Waals surface area (Å²) < 4.78 is 5.28. The van der Waals surface area contributed by atoms with Gasteiger partial charge in [0.25, 0.3) is 0 Å². The van der Waals surface area contributed by atoms with Gasteiger partial charge in [-0.2, -0.15) is 0 Å². The van der Waals surface area contributed by atoms with Crippen LogP contribution in [-0.2, 0) is 9.53 Å². The van der Waals surface area contributed by atoms with Gasteiger partial charge in [0.1, 0.15) is 0 Å². The van der Waals surface area contributed by atoms with E-state index in [1.54, 1.807) is 0 Å². The predicted molar refractivity (Wildman–Crippen MR) is 65.4 cm³/mol. The minimum Gasteiger partial charge on any atom is -0.480 e. The van der Waals surface area contributed by atoms with E-state index in [9.17, 15) is 14.7 Å².